The van der Waals surface area contributed by atoms with Gasteiger partial charge in [-0.2, -0.15) is 8.42 Å². The Balaban J connectivity index is 2.61. The first-order chi connectivity index (χ1) is 7.09. The van der Waals surface area contributed by atoms with Crippen molar-refractivity contribution >= 4 is 21.6 Å². The molecule has 0 fully saturated rings. The Hall–Kier alpha value is -1.27. The van der Waals surface area contributed by atoms with Gasteiger partial charge in [0.25, 0.3) is 0 Å². The summed E-state index contributed by atoms with van der Waals surface area (Å²) in [5, 5.41) is 0. The molecule has 0 saturated carbocycles. The van der Waals surface area contributed by atoms with Gasteiger partial charge in [-0.25, -0.2) is 4.98 Å². The summed E-state index contributed by atoms with van der Waals surface area (Å²) in [6.45, 7) is 0. The molecule has 15 heavy (non-hydrogen) atoms. The number of hydrogen-bond donors (Lipinski definition) is 0. The van der Waals surface area contributed by atoms with E-state index in [0.29, 0.717) is 5.56 Å². The molecule has 0 aliphatic carbocycles. The molecule has 0 aliphatic heterocycles. The summed E-state index contributed by atoms with van der Waals surface area (Å²) in [6.07, 6.45) is 0. The molecule has 6 heteroatoms. The number of halogens is 1. The van der Waals surface area contributed by atoms with Crippen molar-refractivity contribution in [1.29, 1.82) is 0 Å². The highest BCUT2D eigenvalue weighted by Gasteiger charge is 2.21. The van der Waals surface area contributed by atoms with Crippen LogP contribution in [-0.2, 0) is 10.2 Å². The molecular weight excluding hydrogens is 237 g/mol. The van der Waals surface area contributed by atoms with Crippen LogP contribution in [0, 0.1) is 0 Å². The van der Waals surface area contributed by atoms with E-state index in [1.807, 2.05) is 0 Å². The van der Waals surface area contributed by atoms with Crippen LogP contribution in [0.5, 0.6) is 0 Å². The minimum Gasteiger partial charge on any atom is -0.243 e. The summed E-state index contributed by atoms with van der Waals surface area (Å²) in [5.74, 6) is 0. The van der Waals surface area contributed by atoms with Gasteiger partial charge >= 0.3 is 10.2 Å². The quantitative estimate of drug-likeness (QED) is 0.761. The second-order valence-corrected chi connectivity index (χ2v) is 5.19. The maximum absolute atomic E-state index is 12.8. The standard InChI is InChI=1S/C9H6FNO2S2/c10-15(12,13)9-8(11-6-14-9)7-4-2-1-3-5-7/h1-6H. The minimum absolute atomic E-state index is 0.170. The molecule has 0 unspecified atom stereocenters. The lowest BCUT2D eigenvalue weighted by Gasteiger charge is -1.97. The molecule has 1 aromatic heterocycles. The highest BCUT2D eigenvalue weighted by molar-refractivity contribution is 7.88. The lowest BCUT2D eigenvalue weighted by molar-refractivity contribution is 0.554. The summed E-state index contributed by atoms with van der Waals surface area (Å²) in [4.78, 5) is 3.85. The fourth-order valence-corrected chi connectivity index (χ4v) is 2.72. The Labute approximate surface area is 90.4 Å². The largest absolute Gasteiger partial charge is 0.343 e. The van der Waals surface area contributed by atoms with Crippen molar-refractivity contribution in [3.63, 3.8) is 0 Å². The van der Waals surface area contributed by atoms with Crippen molar-refractivity contribution in [2.75, 3.05) is 0 Å². The van der Waals surface area contributed by atoms with Crippen LogP contribution in [0.2, 0.25) is 0 Å². The maximum Gasteiger partial charge on any atom is 0.343 e. The first-order valence-electron chi connectivity index (χ1n) is 4.02. The van der Waals surface area contributed by atoms with Gasteiger partial charge in [-0.3, -0.25) is 0 Å². The smallest absolute Gasteiger partial charge is 0.243 e. The summed E-state index contributed by atoms with van der Waals surface area (Å²) in [7, 11) is -4.68. The van der Waals surface area contributed by atoms with Crippen LogP contribution in [0.4, 0.5) is 3.89 Å². The van der Waals surface area contributed by atoms with Crippen LogP contribution in [0.15, 0.2) is 40.1 Å². The normalized spacial score (nSPS) is 11.5. The van der Waals surface area contributed by atoms with Crippen molar-refractivity contribution in [2.45, 2.75) is 4.21 Å². The molecule has 0 bridgehead atoms. The first kappa shape index (κ1) is 10.3. The molecule has 0 N–H and O–H groups in total. The van der Waals surface area contributed by atoms with Crippen LogP contribution in [-0.4, -0.2) is 13.4 Å². The van der Waals surface area contributed by atoms with Crippen LogP contribution in [0.3, 0.4) is 0 Å². The average molecular weight is 243 g/mol. The van der Waals surface area contributed by atoms with E-state index in [1.54, 1.807) is 30.3 Å². The van der Waals surface area contributed by atoms with Gasteiger partial charge in [0.15, 0.2) is 4.21 Å². The summed E-state index contributed by atoms with van der Waals surface area (Å²) < 4.78 is 34.1. The highest BCUT2D eigenvalue weighted by atomic mass is 32.3. The van der Waals surface area contributed by atoms with E-state index in [1.165, 1.54) is 5.51 Å². The van der Waals surface area contributed by atoms with E-state index >= 15 is 0 Å². The number of nitrogens with zero attached hydrogens (tertiary/aromatic N) is 1. The molecule has 3 nitrogen and oxygen atoms in total. The monoisotopic (exact) mass is 243 g/mol. The number of thiazole rings is 1. The third-order valence-electron chi connectivity index (χ3n) is 1.80. The average Bonchev–Trinajstić information content (AvgIpc) is 2.67. The number of benzene rings is 1. The van der Waals surface area contributed by atoms with E-state index in [-0.39, 0.29) is 9.90 Å². The maximum atomic E-state index is 12.8. The lowest BCUT2D eigenvalue weighted by atomic mass is 10.2. The summed E-state index contributed by atoms with van der Waals surface area (Å²) in [6, 6.07) is 8.64. The van der Waals surface area contributed by atoms with Gasteiger partial charge in [0.1, 0.15) is 5.69 Å². The van der Waals surface area contributed by atoms with Crippen LogP contribution in [0.25, 0.3) is 11.3 Å². The van der Waals surface area contributed by atoms with Gasteiger partial charge < -0.3 is 0 Å². The van der Waals surface area contributed by atoms with E-state index < -0.39 is 10.2 Å². The third-order valence-corrected chi connectivity index (χ3v) is 3.94. The Morgan fingerprint density at radius 2 is 1.87 bits per heavy atom. The van der Waals surface area contributed by atoms with E-state index in [2.05, 4.69) is 4.98 Å². The summed E-state index contributed by atoms with van der Waals surface area (Å²) in [5.41, 5.74) is 2.08. The Bertz CT molecular complexity index is 563. The molecule has 0 aliphatic rings. The molecule has 0 radical (unpaired) electrons. The summed E-state index contributed by atoms with van der Waals surface area (Å²) >= 11 is 0.777. The van der Waals surface area contributed by atoms with Gasteiger partial charge in [-0.05, 0) is 0 Å². The zero-order valence-corrected chi connectivity index (χ0v) is 9.06. The van der Waals surface area contributed by atoms with Crippen molar-refractivity contribution in [2.24, 2.45) is 0 Å². The molecule has 2 aromatic rings. The second kappa shape index (κ2) is 3.71. The van der Waals surface area contributed by atoms with Crippen LogP contribution >= 0.6 is 11.3 Å². The van der Waals surface area contributed by atoms with Crippen molar-refractivity contribution in [3.8, 4) is 11.3 Å². The van der Waals surface area contributed by atoms with Crippen molar-refractivity contribution < 1.29 is 12.3 Å². The number of aromatic nitrogens is 1. The molecule has 0 atom stereocenters. The molecule has 0 amide bonds. The van der Waals surface area contributed by atoms with Gasteiger partial charge in [0.05, 0.1) is 5.51 Å². The van der Waals surface area contributed by atoms with Crippen LogP contribution in [0.1, 0.15) is 0 Å². The first-order valence-corrected chi connectivity index (χ1v) is 6.29. The molecule has 78 valence electrons. The molecule has 0 spiro atoms. The van der Waals surface area contributed by atoms with Crippen molar-refractivity contribution in [1.82, 2.24) is 4.98 Å². The zero-order valence-electron chi connectivity index (χ0n) is 7.42. The molecule has 1 aromatic carbocycles. The molecule has 0 saturated heterocycles. The molecule has 2 rings (SSSR count). The number of rotatable bonds is 2. The highest BCUT2D eigenvalue weighted by Crippen LogP contribution is 2.30. The fraction of sp³-hybridized carbons (Fsp3) is 0. The van der Waals surface area contributed by atoms with E-state index in [9.17, 15) is 12.3 Å². The predicted octanol–water partition coefficient (Wildman–Crippen LogP) is 2.47. The van der Waals surface area contributed by atoms with Crippen molar-refractivity contribution in [3.05, 3.63) is 35.8 Å². The van der Waals surface area contributed by atoms with Gasteiger partial charge in [-0.1, -0.05) is 34.2 Å². The number of hydrogen-bond acceptors (Lipinski definition) is 4. The zero-order chi connectivity index (χ0) is 10.9. The lowest BCUT2D eigenvalue weighted by Crippen LogP contribution is -1.91. The second-order valence-electron chi connectivity index (χ2n) is 2.79. The minimum atomic E-state index is -4.68. The topological polar surface area (TPSA) is 47.0 Å². The van der Waals surface area contributed by atoms with E-state index in [0.717, 1.165) is 11.3 Å². The SMILES string of the molecule is O=S(=O)(F)c1scnc1-c1ccccc1. The van der Waals surface area contributed by atoms with Gasteiger partial charge in [0.2, 0.25) is 0 Å². The third kappa shape index (κ3) is 2.05. The van der Waals surface area contributed by atoms with Crippen LogP contribution < -0.4 is 0 Å². The molecule has 1 heterocycles. The fourth-order valence-electron chi connectivity index (χ4n) is 1.20. The molecular formula is C9H6FNO2S2. The van der Waals surface area contributed by atoms with E-state index in [4.69, 9.17) is 0 Å². The Kier molecular flexibility index (Phi) is 2.54. The Morgan fingerprint density at radius 3 is 2.47 bits per heavy atom. The Morgan fingerprint density at radius 1 is 1.20 bits per heavy atom. The predicted molar refractivity (Wildman–Crippen MR) is 55.8 cm³/mol. The van der Waals surface area contributed by atoms with Gasteiger partial charge in [-0.15, -0.1) is 11.3 Å². The van der Waals surface area contributed by atoms with Gasteiger partial charge in [0, 0.05) is 5.56 Å².